The molecule has 0 amide bonds. The highest BCUT2D eigenvalue weighted by Crippen LogP contribution is 2.23. The molecule has 0 aliphatic rings. The molecule has 3 heteroatoms. The predicted molar refractivity (Wildman–Crippen MR) is 96.8 cm³/mol. The van der Waals surface area contributed by atoms with Crippen LogP contribution in [0.1, 0.15) is 5.56 Å². The van der Waals surface area contributed by atoms with E-state index in [0.717, 1.165) is 17.1 Å². The zero-order chi connectivity index (χ0) is 15.2. The minimum atomic E-state index is 1.08. The zero-order valence-electron chi connectivity index (χ0n) is 12.4. The lowest BCUT2D eigenvalue weighted by Gasteiger charge is -2.09. The summed E-state index contributed by atoms with van der Waals surface area (Å²) in [4.78, 5) is 1.21. The first kappa shape index (κ1) is 14.5. The topological polar surface area (TPSA) is 24.1 Å². The molecule has 3 aromatic rings. The monoisotopic (exact) mass is 306 g/mol. The Balaban J connectivity index is 1.58. The van der Waals surface area contributed by atoms with Crippen molar-refractivity contribution >= 4 is 29.0 Å². The summed E-state index contributed by atoms with van der Waals surface area (Å²) in [5.74, 6) is 0. The molecule has 22 heavy (non-hydrogen) atoms. The minimum Gasteiger partial charge on any atom is -0.356 e. The van der Waals surface area contributed by atoms with Crippen molar-refractivity contribution < 1.29 is 0 Å². The summed E-state index contributed by atoms with van der Waals surface area (Å²) in [6.45, 7) is 2.10. The van der Waals surface area contributed by atoms with Gasteiger partial charge in [0.1, 0.15) is 0 Å². The number of benzene rings is 3. The molecule has 0 atom stereocenters. The van der Waals surface area contributed by atoms with E-state index in [0.29, 0.717) is 0 Å². The summed E-state index contributed by atoms with van der Waals surface area (Å²) in [5, 5.41) is 3.38. The molecule has 0 aromatic heterocycles. The molecule has 0 saturated carbocycles. The average molecular weight is 306 g/mol. The smallest absolute Gasteiger partial charge is 0.0444 e. The van der Waals surface area contributed by atoms with E-state index in [4.69, 9.17) is 0 Å². The Morgan fingerprint density at radius 1 is 0.636 bits per heavy atom. The Morgan fingerprint density at radius 2 is 1.23 bits per heavy atom. The van der Waals surface area contributed by atoms with Crippen LogP contribution < -0.4 is 10.0 Å². The van der Waals surface area contributed by atoms with Crippen LogP contribution in [0.2, 0.25) is 0 Å². The van der Waals surface area contributed by atoms with E-state index < -0.39 is 0 Å². The molecular formula is C19H18N2S. The van der Waals surface area contributed by atoms with Crippen molar-refractivity contribution in [2.45, 2.75) is 11.8 Å². The van der Waals surface area contributed by atoms with Crippen LogP contribution in [0, 0.1) is 6.92 Å². The molecule has 0 bridgehead atoms. The standard InChI is InChI=1S/C19H18N2S/c1-15-7-13-19(14-8-15)22-21-18-11-9-17(10-12-18)20-16-5-3-2-4-6-16/h2-14,20-21H,1H3. The Kier molecular flexibility index (Phi) is 4.66. The zero-order valence-corrected chi connectivity index (χ0v) is 13.2. The molecule has 110 valence electrons. The van der Waals surface area contributed by atoms with Gasteiger partial charge < -0.3 is 10.0 Å². The quantitative estimate of drug-likeness (QED) is 0.577. The molecule has 0 aliphatic heterocycles. The van der Waals surface area contributed by atoms with Crippen LogP contribution in [0.15, 0.2) is 83.8 Å². The fourth-order valence-corrected chi connectivity index (χ4v) is 2.68. The van der Waals surface area contributed by atoms with Gasteiger partial charge in [-0.3, -0.25) is 0 Å². The molecule has 0 aliphatic carbocycles. The van der Waals surface area contributed by atoms with Gasteiger partial charge in [-0.1, -0.05) is 35.9 Å². The summed E-state index contributed by atoms with van der Waals surface area (Å²) < 4.78 is 3.36. The molecule has 0 saturated heterocycles. The van der Waals surface area contributed by atoms with Crippen LogP contribution in [0.25, 0.3) is 0 Å². The Labute approximate surface area is 135 Å². The summed E-state index contributed by atoms with van der Waals surface area (Å²) in [7, 11) is 0. The normalized spacial score (nSPS) is 10.2. The van der Waals surface area contributed by atoms with E-state index in [-0.39, 0.29) is 0 Å². The summed E-state index contributed by atoms with van der Waals surface area (Å²) >= 11 is 1.62. The van der Waals surface area contributed by atoms with Gasteiger partial charge >= 0.3 is 0 Å². The van der Waals surface area contributed by atoms with Crippen LogP contribution in [0.5, 0.6) is 0 Å². The van der Waals surface area contributed by atoms with Crippen LogP contribution in [0.4, 0.5) is 17.1 Å². The summed E-state index contributed by atoms with van der Waals surface area (Å²) in [5.41, 5.74) is 4.54. The number of hydrogen-bond acceptors (Lipinski definition) is 3. The second kappa shape index (κ2) is 7.05. The van der Waals surface area contributed by atoms with E-state index in [2.05, 4.69) is 77.6 Å². The average Bonchev–Trinajstić information content (AvgIpc) is 2.57. The molecular weight excluding hydrogens is 288 g/mol. The van der Waals surface area contributed by atoms with Crippen LogP contribution in [-0.4, -0.2) is 0 Å². The molecule has 0 radical (unpaired) electrons. The number of rotatable bonds is 5. The molecule has 3 rings (SSSR count). The number of aryl methyl sites for hydroxylation is 1. The molecule has 0 fully saturated rings. The maximum atomic E-state index is 3.38. The highest BCUT2D eigenvalue weighted by molar-refractivity contribution is 8.00. The number of para-hydroxylation sites is 1. The van der Waals surface area contributed by atoms with Gasteiger partial charge in [0, 0.05) is 22.0 Å². The summed E-state index contributed by atoms with van der Waals surface area (Å²) in [6.07, 6.45) is 0. The van der Waals surface area contributed by atoms with E-state index >= 15 is 0 Å². The van der Waals surface area contributed by atoms with Crippen molar-refractivity contribution in [3.63, 3.8) is 0 Å². The van der Waals surface area contributed by atoms with Crippen molar-refractivity contribution in [1.82, 2.24) is 0 Å². The van der Waals surface area contributed by atoms with Gasteiger partial charge in [0.15, 0.2) is 0 Å². The third kappa shape index (κ3) is 4.06. The highest BCUT2D eigenvalue weighted by Gasteiger charge is 1.97. The third-order valence-corrected chi connectivity index (χ3v) is 4.10. The second-order valence-corrected chi connectivity index (χ2v) is 5.97. The fourth-order valence-electron chi connectivity index (χ4n) is 2.03. The van der Waals surface area contributed by atoms with Gasteiger partial charge in [0.05, 0.1) is 0 Å². The van der Waals surface area contributed by atoms with Crippen molar-refractivity contribution in [1.29, 1.82) is 0 Å². The van der Waals surface area contributed by atoms with E-state index in [1.54, 1.807) is 11.9 Å². The molecule has 0 heterocycles. The molecule has 2 nitrogen and oxygen atoms in total. The van der Waals surface area contributed by atoms with Crippen molar-refractivity contribution in [3.8, 4) is 0 Å². The van der Waals surface area contributed by atoms with Crippen LogP contribution >= 0.6 is 11.9 Å². The predicted octanol–water partition coefficient (Wildman–Crippen LogP) is 5.86. The lowest BCUT2D eigenvalue weighted by molar-refractivity contribution is 1.38. The number of hydrogen-bond donors (Lipinski definition) is 2. The summed E-state index contributed by atoms with van der Waals surface area (Å²) in [6, 6.07) is 27.0. The van der Waals surface area contributed by atoms with Gasteiger partial charge in [0.2, 0.25) is 0 Å². The Morgan fingerprint density at radius 3 is 1.91 bits per heavy atom. The van der Waals surface area contributed by atoms with Crippen LogP contribution in [0.3, 0.4) is 0 Å². The van der Waals surface area contributed by atoms with Gasteiger partial charge in [-0.15, -0.1) is 0 Å². The van der Waals surface area contributed by atoms with Crippen molar-refractivity contribution in [3.05, 3.63) is 84.4 Å². The maximum Gasteiger partial charge on any atom is 0.0444 e. The van der Waals surface area contributed by atoms with Gasteiger partial charge in [-0.2, -0.15) is 0 Å². The molecule has 0 spiro atoms. The Bertz CT molecular complexity index is 707. The van der Waals surface area contributed by atoms with Gasteiger partial charge in [-0.25, -0.2) is 0 Å². The van der Waals surface area contributed by atoms with Crippen molar-refractivity contribution in [2.75, 3.05) is 10.0 Å². The first-order valence-electron chi connectivity index (χ1n) is 7.21. The largest absolute Gasteiger partial charge is 0.356 e. The molecule has 2 N–H and O–H groups in total. The third-order valence-electron chi connectivity index (χ3n) is 3.26. The van der Waals surface area contributed by atoms with Crippen molar-refractivity contribution in [2.24, 2.45) is 0 Å². The fraction of sp³-hybridized carbons (Fsp3) is 0.0526. The number of nitrogens with one attached hydrogen (secondary N) is 2. The van der Waals surface area contributed by atoms with E-state index in [1.165, 1.54) is 10.5 Å². The van der Waals surface area contributed by atoms with Gasteiger partial charge in [0.25, 0.3) is 0 Å². The highest BCUT2D eigenvalue weighted by atomic mass is 32.2. The van der Waals surface area contributed by atoms with E-state index in [1.807, 2.05) is 18.2 Å². The second-order valence-electron chi connectivity index (χ2n) is 5.09. The Hall–Kier alpha value is -2.39. The van der Waals surface area contributed by atoms with Crippen LogP contribution in [-0.2, 0) is 0 Å². The minimum absolute atomic E-state index is 1.08. The van der Waals surface area contributed by atoms with Gasteiger partial charge in [-0.05, 0) is 67.4 Å². The SMILES string of the molecule is Cc1ccc(SNc2ccc(Nc3ccccc3)cc2)cc1. The first-order chi connectivity index (χ1) is 10.8. The maximum absolute atomic E-state index is 3.38. The van der Waals surface area contributed by atoms with E-state index in [9.17, 15) is 0 Å². The lowest BCUT2D eigenvalue weighted by Crippen LogP contribution is -1.91. The first-order valence-corrected chi connectivity index (χ1v) is 8.03. The molecule has 0 unspecified atom stereocenters. The lowest BCUT2D eigenvalue weighted by atomic mass is 10.2. The molecule has 3 aromatic carbocycles. The number of anilines is 3.